The Balaban J connectivity index is 0.00000243. The molecule has 0 heterocycles. The van der Waals surface area contributed by atoms with E-state index in [1.165, 1.54) is 12.1 Å². The minimum absolute atomic E-state index is 0. The summed E-state index contributed by atoms with van der Waals surface area (Å²) < 4.78 is 39.6. The summed E-state index contributed by atoms with van der Waals surface area (Å²) in [6, 6.07) is 12.4. The molecule has 0 atom stereocenters. The minimum Gasteiger partial charge on any atom is -0.399 e. The number of anilines is 1. The van der Waals surface area contributed by atoms with Gasteiger partial charge in [-0.2, -0.15) is 13.2 Å². The van der Waals surface area contributed by atoms with Gasteiger partial charge in [0.2, 0.25) is 5.91 Å². The maximum absolute atomic E-state index is 13.2. The number of carbonyl (C=O) groups is 1. The van der Waals surface area contributed by atoms with E-state index in [9.17, 15) is 18.0 Å². The van der Waals surface area contributed by atoms with Gasteiger partial charge in [-0.05, 0) is 42.2 Å². The monoisotopic (exact) mass is 384 g/mol. The van der Waals surface area contributed by atoms with Gasteiger partial charge in [-0.3, -0.25) is 4.79 Å². The number of alkyl halides is 3. The van der Waals surface area contributed by atoms with E-state index in [1.807, 2.05) is 0 Å². The van der Waals surface area contributed by atoms with Crippen molar-refractivity contribution in [2.75, 3.05) is 5.73 Å². The van der Waals surface area contributed by atoms with Crippen LogP contribution >= 0.6 is 12.4 Å². The number of nitrogens with zero attached hydrogens (tertiary/aromatic N) is 1. The van der Waals surface area contributed by atoms with E-state index in [-0.39, 0.29) is 42.9 Å². The average molecular weight is 385 g/mol. The Hall–Kier alpha value is -2.21. The van der Waals surface area contributed by atoms with Crippen LogP contribution in [0, 0.1) is 0 Å². The fourth-order valence-corrected chi connectivity index (χ4v) is 2.84. The molecule has 2 N–H and O–H groups in total. The molecular formula is C19H20ClF3N2O. The van der Waals surface area contributed by atoms with Crippen molar-refractivity contribution in [2.45, 2.75) is 38.0 Å². The molecule has 140 valence electrons. The van der Waals surface area contributed by atoms with Gasteiger partial charge in [-0.1, -0.05) is 30.3 Å². The molecule has 3 rings (SSSR count). The van der Waals surface area contributed by atoms with Gasteiger partial charge in [-0.25, -0.2) is 0 Å². The smallest absolute Gasteiger partial charge is 0.399 e. The molecule has 0 bridgehead atoms. The van der Waals surface area contributed by atoms with E-state index < -0.39 is 11.7 Å². The third-order valence-corrected chi connectivity index (χ3v) is 4.31. The van der Waals surface area contributed by atoms with Crippen molar-refractivity contribution in [3.63, 3.8) is 0 Å². The number of halogens is 4. The van der Waals surface area contributed by atoms with E-state index in [1.54, 1.807) is 35.2 Å². The van der Waals surface area contributed by atoms with Crippen LogP contribution in [0.25, 0.3) is 0 Å². The predicted octanol–water partition coefficient (Wildman–Crippen LogP) is 4.44. The van der Waals surface area contributed by atoms with Gasteiger partial charge in [0, 0.05) is 18.3 Å². The lowest BCUT2D eigenvalue weighted by Crippen LogP contribution is -2.34. The van der Waals surface area contributed by atoms with Gasteiger partial charge in [-0.15, -0.1) is 12.4 Å². The van der Waals surface area contributed by atoms with Gasteiger partial charge in [0.25, 0.3) is 0 Å². The summed E-state index contributed by atoms with van der Waals surface area (Å²) in [4.78, 5) is 14.2. The largest absolute Gasteiger partial charge is 0.416 e. The van der Waals surface area contributed by atoms with Crippen LogP contribution in [0.2, 0.25) is 0 Å². The van der Waals surface area contributed by atoms with Crippen molar-refractivity contribution in [3.05, 3.63) is 65.2 Å². The number of carbonyl (C=O) groups excluding carboxylic acids is 1. The maximum atomic E-state index is 13.2. The first-order chi connectivity index (χ1) is 11.8. The first-order valence-corrected chi connectivity index (χ1v) is 8.13. The third-order valence-electron chi connectivity index (χ3n) is 4.31. The quantitative estimate of drug-likeness (QED) is 0.774. The summed E-state index contributed by atoms with van der Waals surface area (Å²) in [5.41, 5.74) is 6.49. The van der Waals surface area contributed by atoms with Crippen molar-refractivity contribution < 1.29 is 18.0 Å². The lowest BCUT2D eigenvalue weighted by molar-refractivity contribution is -0.140. The fourth-order valence-electron chi connectivity index (χ4n) is 2.84. The summed E-state index contributed by atoms with van der Waals surface area (Å²) in [7, 11) is 0. The normalized spacial score (nSPS) is 13.8. The molecule has 1 aliphatic carbocycles. The van der Waals surface area contributed by atoms with Crippen LogP contribution in [0.5, 0.6) is 0 Å². The Bertz CT molecular complexity index is 758. The molecule has 7 heteroatoms. The number of rotatable bonds is 5. The number of nitrogens with two attached hydrogens (primary N) is 1. The third kappa shape index (κ3) is 4.91. The zero-order valence-electron chi connectivity index (χ0n) is 14.0. The second kappa shape index (κ2) is 7.99. The maximum Gasteiger partial charge on any atom is 0.416 e. The summed E-state index contributed by atoms with van der Waals surface area (Å²) in [6.45, 7) is -0.0197. The van der Waals surface area contributed by atoms with Crippen molar-refractivity contribution >= 4 is 24.0 Å². The lowest BCUT2D eigenvalue weighted by Gasteiger charge is -2.24. The molecule has 0 aliphatic heterocycles. The Labute approximate surface area is 156 Å². The highest BCUT2D eigenvalue weighted by Gasteiger charge is 2.36. The summed E-state index contributed by atoms with van der Waals surface area (Å²) in [6.07, 6.45) is -2.60. The number of benzene rings is 2. The molecule has 0 radical (unpaired) electrons. The molecule has 1 fully saturated rings. The van der Waals surface area contributed by atoms with Crippen LogP contribution in [0.1, 0.15) is 29.5 Å². The van der Waals surface area contributed by atoms with Crippen LogP contribution in [0.3, 0.4) is 0 Å². The van der Waals surface area contributed by atoms with Gasteiger partial charge in [0.1, 0.15) is 0 Å². The first kappa shape index (κ1) is 20.1. The van der Waals surface area contributed by atoms with E-state index in [0.29, 0.717) is 5.69 Å². The molecule has 0 aromatic heterocycles. The van der Waals surface area contributed by atoms with Crippen molar-refractivity contribution in [1.82, 2.24) is 4.90 Å². The molecule has 2 aromatic carbocycles. The molecule has 3 nitrogen and oxygen atoms in total. The standard InChI is InChI=1S/C19H19F3N2O.ClH/c20-19(21,22)17-4-2-1-3-14(17)12-24(16-9-10-16)18(25)11-13-5-7-15(23)8-6-13;/h1-8,16H,9-12,23H2;1H. The van der Waals surface area contributed by atoms with Crippen molar-refractivity contribution in [3.8, 4) is 0 Å². The van der Waals surface area contributed by atoms with Gasteiger partial charge in [0.05, 0.1) is 12.0 Å². The van der Waals surface area contributed by atoms with E-state index in [2.05, 4.69) is 0 Å². The molecule has 26 heavy (non-hydrogen) atoms. The molecule has 0 spiro atoms. The van der Waals surface area contributed by atoms with Crippen molar-refractivity contribution in [1.29, 1.82) is 0 Å². The SMILES string of the molecule is Cl.Nc1ccc(CC(=O)N(Cc2ccccc2C(F)(F)F)C2CC2)cc1. The molecule has 0 unspecified atom stereocenters. The zero-order chi connectivity index (χ0) is 18.0. The minimum atomic E-state index is -4.42. The number of amides is 1. The second-order valence-electron chi connectivity index (χ2n) is 6.33. The molecule has 2 aromatic rings. The average Bonchev–Trinajstić information content (AvgIpc) is 3.39. The Morgan fingerprint density at radius 3 is 2.27 bits per heavy atom. The number of hydrogen-bond donors (Lipinski definition) is 1. The molecular weight excluding hydrogens is 365 g/mol. The summed E-state index contributed by atoms with van der Waals surface area (Å²) >= 11 is 0. The van der Waals surface area contributed by atoms with Gasteiger partial charge < -0.3 is 10.6 Å². The highest BCUT2D eigenvalue weighted by molar-refractivity contribution is 5.85. The van der Waals surface area contributed by atoms with Gasteiger partial charge in [0.15, 0.2) is 0 Å². The van der Waals surface area contributed by atoms with E-state index in [0.717, 1.165) is 24.5 Å². The van der Waals surface area contributed by atoms with Crippen molar-refractivity contribution in [2.24, 2.45) is 0 Å². The highest BCUT2D eigenvalue weighted by Crippen LogP contribution is 2.35. The lowest BCUT2D eigenvalue weighted by atomic mass is 10.1. The first-order valence-electron chi connectivity index (χ1n) is 8.13. The van der Waals surface area contributed by atoms with Crippen LogP contribution in [-0.4, -0.2) is 16.8 Å². The topological polar surface area (TPSA) is 46.3 Å². The predicted molar refractivity (Wildman–Crippen MR) is 96.8 cm³/mol. The molecule has 1 aliphatic rings. The Morgan fingerprint density at radius 2 is 1.69 bits per heavy atom. The van der Waals surface area contributed by atoms with E-state index >= 15 is 0 Å². The van der Waals surface area contributed by atoms with Crippen LogP contribution in [0.4, 0.5) is 18.9 Å². The fraction of sp³-hybridized carbons (Fsp3) is 0.316. The summed E-state index contributed by atoms with van der Waals surface area (Å²) in [5, 5.41) is 0. The Morgan fingerprint density at radius 1 is 1.08 bits per heavy atom. The molecule has 1 saturated carbocycles. The summed E-state index contributed by atoms with van der Waals surface area (Å²) in [5.74, 6) is -0.163. The Kier molecular flexibility index (Phi) is 6.18. The van der Waals surface area contributed by atoms with Gasteiger partial charge >= 0.3 is 6.18 Å². The number of nitrogen functional groups attached to an aromatic ring is 1. The number of hydrogen-bond acceptors (Lipinski definition) is 2. The molecule has 1 amide bonds. The van der Waals surface area contributed by atoms with Crippen LogP contribution < -0.4 is 5.73 Å². The van der Waals surface area contributed by atoms with Crippen LogP contribution in [-0.2, 0) is 23.9 Å². The zero-order valence-corrected chi connectivity index (χ0v) is 14.8. The molecule has 0 saturated heterocycles. The second-order valence-corrected chi connectivity index (χ2v) is 6.33. The highest BCUT2D eigenvalue weighted by atomic mass is 35.5. The van der Waals surface area contributed by atoms with E-state index in [4.69, 9.17) is 5.73 Å². The van der Waals surface area contributed by atoms with Crippen LogP contribution in [0.15, 0.2) is 48.5 Å².